The predicted octanol–water partition coefficient (Wildman–Crippen LogP) is 6.60. The van der Waals surface area contributed by atoms with Crippen molar-refractivity contribution in [1.29, 1.82) is 0 Å². The monoisotopic (exact) mass is 527 g/mol. The Bertz CT molecular complexity index is 1760. The molecule has 4 N–H and O–H groups in total. The van der Waals surface area contributed by atoms with Crippen LogP contribution >= 0.6 is 11.3 Å². The molecular formula is C28H26FN7OS. The van der Waals surface area contributed by atoms with Gasteiger partial charge in [-0.25, -0.2) is 9.97 Å². The summed E-state index contributed by atoms with van der Waals surface area (Å²) in [5.74, 6) is 0.569. The number of hydrogen-bond donors (Lipinski definition) is 4. The summed E-state index contributed by atoms with van der Waals surface area (Å²) in [6.45, 7) is 6.27. The Kier molecular flexibility index (Phi) is 5.93. The Labute approximate surface area is 222 Å². The van der Waals surface area contributed by atoms with E-state index in [0.717, 1.165) is 49.5 Å². The number of benzene rings is 1. The highest BCUT2D eigenvalue weighted by molar-refractivity contribution is 7.14. The third-order valence-corrected chi connectivity index (χ3v) is 7.13. The number of H-pyrrole nitrogens is 2. The number of rotatable bonds is 6. The fourth-order valence-corrected chi connectivity index (χ4v) is 5.31. The summed E-state index contributed by atoms with van der Waals surface area (Å²) in [7, 11) is 0. The number of fused-ring (bicyclic) bond motifs is 2. The first-order chi connectivity index (χ1) is 18.2. The first kappa shape index (κ1) is 24.2. The highest BCUT2D eigenvalue weighted by Crippen LogP contribution is 2.35. The van der Waals surface area contributed by atoms with Crippen molar-refractivity contribution in [1.82, 2.24) is 30.1 Å². The van der Waals surface area contributed by atoms with Crippen LogP contribution in [0.4, 0.5) is 10.1 Å². The predicted molar refractivity (Wildman–Crippen MR) is 149 cm³/mol. The number of halogens is 1. The Balaban J connectivity index is 1.36. The van der Waals surface area contributed by atoms with E-state index in [2.05, 4.69) is 51.2 Å². The van der Waals surface area contributed by atoms with E-state index < -0.39 is 6.23 Å². The SMILES string of the molecule is CC(C)(C)CC(O)Nc1cncc(-c2ccc3[nH]nc(-c4nc5c(-c6ccc(F)s6)ccnc5[nH]4)c3c2)c1. The molecule has 10 heteroatoms. The molecular weight excluding hydrogens is 501 g/mol. The van der Waals surface area contributed by atoms with Gasteiger partial charge in [0.2, 0.25) is 0 Å². The van der Waals surface area contributed by atoms with E-state index in [1.165, 1.54) is 6.07 Å². The zero-order chi connectivity index (χ0) is 26.4. The van der Waals surface area contributed by atoms with Crippen LogP contribution in [0.1, 0.15) is 27.2 Å². The van der Waals surface area contributed by atoms with E-state index in [1.807, 2.05) is 30.3 Å². The van der Waals surface area contributed by atoms with Gasteiger partial charge < -0.3 is 15.4 Å². The fourth-order valence-electron chi connectivity index (χ4n) is 4.55. The summed E-state index contributed by atoms with van der Waals surface area (Å²) in [6, 6.07) is 13.0. The minimum absolute atomic E-state index is 0.00687. The molecule has 1 unspecified atom stereocenters. The van der Waals surface area contributed by atoms with Crippen LogP contribution in [0.3, 0.4) is 0 Å². The fraction of sp³-hybridized carbons (Fsp3) is 0.214. The zero-order valence-corrected chi connectivity index (χ0v) is 21.9. The van der Waals surface area contributed by atoms with Gasteiger partial charge in [0.15, 0.2) is 16.6 Å². The molecule has 0 bridgehead atoms. The van der Waals surface area contributed by atoms with Gasteiger partial charge in [-0.3, -0.25) is 10.1 Å². The lowest BCUT2D eigenvalue weighted by atomic mass is 9.91. The van der Waals surface area contributed by atoms with Crippen LogP contribution in [0.15, 0.2) is 61.1 Å². The maximum Gasteiger partial charge on any atom is 0.176 e. The van der Waals surface area contributed by atoms with Gasteiger partial charge in [0.25, 0.3) is 0 Å². The number of aliphatic hydroxyl groups excluding tert-OH is 1. The van der Waals surface area contributed by atoms with Crippen LogP contribution < -0.4 is 5.32 Å². The number of thiophene rings is 1. The molecule has 0 radical (unpaired) electrons. The quantitative estimate of drug-likeness (QED) is 0.182. The number of nitrogens with zero attached hydrogens (tertiary/aromatic N) is 4. The first-order valence-electron chi connectivity index (χ1n) is 12.2. The second kappa shape index (κ2) is 9.30. The molecule has 6 aromatic rings. The molecule has 0 aliphatic carbocycles. The number of aromatic amines is 2. The third kappa shape index (κ3) is 4.75. The van der Waals surface area contributed by atoms with Crippen LogP contribution in [0, 0.1) is 10.5 Å². The number of aromatic nitrogens is 6. The maximum absolute atomic E-state index is 13.7. The van der Waals surface area contributed by atoms with Gasteiger partial charge in [-0.2, -0.15) is 9.49 Å². The van der Waals surface area contributed by atoms with E-state index >= 15 is 0 Å². The Morgan fingerprint density at radius 2 is 1.95 bits per heavy atom. The average molecular weight is 528 g/mol. The summed E-state index contributed by atoms with van der Waals surface area (Å²) in [4.78, 5) is 17.7. The zero-order valence-electron chi connectivity index (χ0n) is 21.1. The highest BCUT2D eigenvalue weighted by Gasteiger charge is 2.18. The minimum atomic E-state index is -0.674. The van der Waals surface area contributed by atoms with Crippen LogP contribution in [-0.4, -0.2) is 41.5 Å². The van der Waals surface area contributed by atoms with E-state index in [0.29, 0.717) is 29.1 Å². The molecule has 0 aliphatic heterocycles. The van der Waals surface area contributed by atoms with Crippen molar-refractivity contribution in [3.05, 3.63) is 66.2 Å². The summed E-state index contributed by atoms with van der Waals surface area (Å²) >= 11 is 1.07. The molecule has 5 heterocycles. The average Bonchev–Trinajstić information content (AvgIpc) is 3.60. The molecule has 0 amide bonds. The standard InChI is InChI=1S/C28H26FN7OS/c1-28(2,3)12-23(37)32-17-10-16(13-30-14-17)15-4-5-20-19(11-15)25(36-35-20)27-33-24-18(8-9-31-26(24)34-27)21-6-7-22(29)38-21/h4-11,13-14,23,32,37H,12H2,1-3H3,(H,35,36)(H,31,33,34). The van der Waals surface area contributed by atoms with Gasteiger partial charge in [0.05, 0.1) is 17.4 Å². The van der Waals surface area contributed by atoms with Crippen molar-refractivity contribution in [3.63, 3.8) is 0 Å². The second-order valence-corrected chi connectivity index (χ2v) is 11.5. The van der Waals surface area contributed by atoms with E-state index in [-0.39, 0.29) is 10.5 Å². The lowest BCUT2D eigenvalue weighted by Crippen LogP contribution is -2.25. The number of anilines is 1. The molecule has 192 valence electrons. The normalized spacial score (nSPS) is 12.9. The Morgan fingerprint density at radius 3 is 2.74 bits per heavy atom. The molecule has 38 heavy (non-hydrogen) atoms. The summed E-state index contributed by atoms with van der Waals surface area (Å²) < 4.78 is 13.7. The second-order valence-electron chi connectivity index (χ2n) is 10.5. The van der Waals surface area contributed by atoms with Crippen LogP contribution in [-0.2, 0) is 0 Å². The molecule has 6 rings (SSSR count). The molecule has 0 fully saturated rings. The number of hydrogen-bond acceptors (Lipinski definition) is 7. The van der Waals surface area contributed by atoms with Crippen LogP contribution in [0.5, 0.6) is 0 Å². The molecule has 8 nitrogen and oxygen atoms in total. The lowest BCUT2D eigenvalue weighted by molar-refractivity contribution is 0.145. The maximum atomic E-state index is 13.7. The Morgan fingerprint density at radius 1 is 1.08 bits per heavy atom. The van der Waals surface area contributed by atoms with Gasteiger partial charge in [-0.1, -0.05) is 26.8 Å². The van der Waals surface area contributed by atoms with Crippen molar-refractivity contribution < 1.29 is 9.50 Å². The molecule has 0 spiro atoms. The van der Waals surface area contributed by atoms with E-state index in [4.69, 9.17) is 4.98 Å². The van der Waals surface area contributed by atoms with E-state index in [1.54, 1.807) is 24.7 Å². The topological polar surface area (TPSA) is 115 Å². The van der Waals surface area contributed by atoms with E-state index in [9.17, 15) is 9.50 Å². The minimum Gasteiger partial charge on any atom is -0.374 e. The van der Waals surface area contributed by atoms with Gasteiger partial charge in [-0.05, 0) is 53.8 Å². The first-order valence-corrected chi connectivity index (χ1v) is 13.0. The molecule has 1 atom stereocenters. The number of imidazole rings is 1. The molecule has 0 saturated carbocycles. The van der Waals surface area contributed by atoms with Crippen LogP contribution in [0.2, 0.25) is 0 Å². The van der Waals surface area contributed by atoms with Gasteiger partial charge in [0, 0.05) is 33.8 Å². The van der Waals surface area contributed by atoms with Crippen molar-refractivity contribution in [2.75, 3.05) is 5.32 Å². The summed E-state index contributed by atoms with van der Waals surface area (Å²) in [6.07, 6.45) is 5.11. The smallest absolute Gasteiger partial charge is 0.176 e. The van der Waals surface area contributed by atoms with Gasteiger partial charge in [0.1, 0.15) is 17.4 Å². The van der Waals surface area contributed by atoms with Crippen molar-refractivity contribution in [2.24, 2.45) is 5.41 Å². The largest absolute Gasteiger partial charge is 0.374 e. The number of aliphatic hydroxyl groups is 1. The molecule has 0 aliphatic rings. The number of pyridine rings is 2. The Hall–Kier alpha value is -4.15. The van der Waals surface area contributed by atoms with Crippen molar-refractivity contribution in [3.8, 4) is 33.1 Å². The van der Waals surface area contributed by atoms with Crippen LogP contribution in [0.25, 0.3) is 55.2 Å². The molecule has 1 aromatic carbocycles. The van der Waals surface area contributed by atoms with Gasteiger partial charge in [-0.15, -0.1) is 11.3 Å². The third-order valence-electron chi connectivity index (χ3n) is 6.22. The summed E-state index contributed by atoms with van der Waals surface area (Å²) in [5.41, 5.74) is 6.19. The van der Waals surface area contributed by atoms with Gasteiger partial charge >= 0.3 is 0 Å². The summed E-state index contributed by atoms with van der Waals surface area (Å²) in [5, 5.41) is 21.8. The lowest BCUT2D eigenvalue weighted by Gasteiger charge is -2.23. The highest BCUT2D eigenvalue weighted by atomic mass is 32.1. The molecule has 5 aromatic heterocycles. The number of nitrogens with one attached hydrogen (secondary N) is 3. The van der Waals surface area contributed by atoms with Crippen molar-refractivity contribution in [2.45, 2.75) is 33.4 Å². The molecule has 0 saturated heterocycles. The van der Waals surface area contributed by atoms with Crippen molar-refractivity contribution >= 4 is 39.1 Å².